The number of likely N-dealkylation sites (tertiary alicyclic amines) is 1. The third-order valence-electron chi connectivity index (χ3n) is 5.05. The largest absolute Gasteiger partial charge is 0.381 e. The van der Waals surface area contributed by atoms with Gasteiger partial charge in [-0.1, -0.05) is 11.6 Å². The zero-order chi connectivity index (χ0) is 18.0. The Labute approximate surface area is 154 Å². The second-order valence-corrected chi connectivity index (χ2v) is 7.17. The van der Waals surface area contributed by atoms with Crippen LogP contribution in [-0.2, 0) is 4.74 Å². The monoisotopic (exact) mass is 360 g/mol. The van der Waals surface area contributed by atoms with Gasteiger partial charge in [-0.15, -0.1) is 0 Å². The van der Waals surface area contributed by atoms with Gasteiger partial charge in [0.05, 0.1) is 12.6 Å². The average molecular weight is 361 g/mol. The number of piperidine rings is 1. The molecule has 0 atom stereocenters. The van der Waals surface area contributed by atoms with Gasteiger partial charge in [-0.25, -0.2) is 0 Å². The fraction of sp³-hybridized carbons (Fsp3) is 0.450. The topological polar surface area (TPSA) is 34.5 Å². The molecule has 1 aromatic heterocycles. The summed E-state index contributed by atoms with van der Waals surface area (Å²) in [7, 11) is 1.76. The van der Waals surface area contributed by atoms with Gasteiger partial charge in [-0.05, 0) is 57.0 Å². The Morgan fingerprint density at radius 3 is 2.44 bits per heavy atom. The number of nitrogens with zero attached hydrogens (tertiary/aromatic N) is 2. The van der Waals surface area contributed by atoms with E-state index in [-0.39, 0.29) is 5.78 Å². The van der Waals surface area contributed by atoms with E-state index in [2.05, 4.69) is 9.47 Å². The lowest BCUT2D eigenvalue weighted by Gasteiger charge is -2.30. The smallest absolute Gasteiger partial charge is 0.178 e. The van der Waals surface area contributed by atoms with Crippen LogP contribution in [-0.4, -0.2) is 48.1 Å². The Morgan fingerprint density at radius 2 is 1.84 bits per heavy atom. The summed E-state index contributed by atoms with van der Waals surface area (Å²) < 4.78 is 7.51. The van der Waals surface area contributed by atoms with Gasteiger partial charge in [0, 0.05) is 47.9 Å². The van der Waals surface area contributed by atoms with Crippen molar-refractivity contribution in [1.29, 1.82) is 0 Å². The maximum absolute atomic E-state index is 12.8. The summed E-state index contributed by atoms with van der Waals surface area (Å²) in [5.74, 6) is 0.184. The molecule has 1 aliphatic heterocycles. The molecule has 1 aliphatic rings. The molecule has 0 saturated carbocycles. The molecule has 1 aromatic carbocycles. The third-order valence-corrected chi connectivity index (χ3v) is 5.30. The van der Waals surface area contributed by atoms with Gasteiger partial charge in [-0.2, -0.15) is 0 Å². The maximum Gasteiger partial charge on any atom is 0.178 e. The highest BCUT2D eigenvalue weighted by molar-refractivity contribution is 6.30. The first-order valence-electron chi connectivity index (χ1n) is 8.73. The third kappa shape index (κ3) is 3.97. The number of Topliss-reactive ketones (excluding diaryl/α,β-unsaturated/α-hetero) is 1. The zero-order valence-corrected chi connectivity index (χ0v) is 15.8. The molecule has 0 amide bonds. The Balaban J connectivity index is 1.76. The van der Waals surface area contributed by atoms with Crippen LogP contribution >= 0.6 is 11.6 Å². The fourth-order valence-electron chi connectivity index (χ4n) is 3.62. The summed E-state index contributed by atoms with van der Waals surface area (Å²) in [6, 6.07) is 9.70. The Bertz CT molecular complexity index is 744. The summed E-state index contributed by atoms with van der Waals surface area (Å²) in [4.78, 5) is 15.1. The van der Waals surface area contributed by atoms with E-state index >= 15 is 0 Å². The molecule has 2 aromatic rings. The molecule has 0 radical (unpaired) electrons. The van der Waals surface area contributed by atoms with Crippen molar-refractivity contribution in [1.82, 2.24) is 9.47 Å². The van der Waals surface area contributed by atoms with Gasteiger partial charge in [0.25, 0.3) is 0 Å². The fourth-order valence-corrected chi connectivity index (χ4v) is 3.75. The Hall–Kier alpha value is -1.62. The van der Waals surface area contributed by atoms with Crippen molar-refractivity contribution in [2.75, 3.05) is 26.7 Å². The van der Waals surface area contributed by atoms with E-state index in [0.29, 0.717) is 17.7 Å². The van der Waals surface area contributed by atoms with E-state index in [4.69, 9.17) is 16.3 Å². The molecule has 134 valence electrons. The first-order valence-corrected chi connectivity index (χ1v) is 9.10. The minimum Gasteiger partial charge on any atom is -0.381 e. The summed E-state index contributed by atoms with van der Waals surface area (Å²) in [6.07, 6.45) is 2.32. The first-order chi connectivity index (χ1) is 12.0. The van der Waals surface area contributed by atoms with E-state index in [1.807, 2.05) is 44.2 Å². The number of carbonyl (C=O) groups excluding carboxylic acids is 1. The number of halogens is 1. The summed E-state index contributed by atoms with van der Waals surface area (Å²) >= 11 is 5.99. The van der Waals surface area contributed by atoms with Gasteiger partial charge >= 0.3 is 0 Å². The number of carbonyl (C=O) groups is 1. The molecule has 5 heteroatoms. The number of aryl methyl sites for hydroxylation is 1. The number of hydrogen-bond acceptors (Lipinski definition) is 3. The van der Waals surface area contributed by atoms with Gasteiger partial charge in [0.15, 0.2) is 5.78 Å². The van der Waals surface area contributed by atoms with Crippen LogP contribution in [0.1, 0.15) is 34.6 Å². The van der Waals surface area contributed by atoms with Gasteiger partial charge in [0.1, 0.15) is 0 Å². The number of methoxy groups -OCH3 is 1. The van der Waals surface area contributed by atoms with Crippen LogP contribution in [0.25, 0.3) is 5.69 Å². The maximum atomic E-state index is 12.8. The minimum absolute atomic E-state index is 0.184. The van der Waals surface area contributed by atoms with Crippen molar-refractivity contribution in [2.24, 2.45) is 0 Å². The average Bonchev–Trinajstić information content (AvgIpc) is 2.91. The van der Waals surface area contributed by atoms with Crippen molar-refractivity contribution in [2.45, 2.75) is 32.8 Å². The van der Waals surface area contributed by atoms with E-state index in [0.717, 1.165) is 48.6 Å². The molecule has 0 spiro atoms. The zero-order valence-electron chi connectivity index (χ0n) is 15.1. The molecule has 0 bridgehead atoms. The highest BCUT2D eigenvalue weighted by Crippen LogP contribution is 2.23. The van der Waals surface area contributed by atoms with Crippen molar-refractivity contribution < 1.29 is 9.53 Å². The molecule has 1 saturated heterocycles. The van der Waals surface area contributed by atoms with E-state index in [9.17, 15) is 4.79 Å². The van der Waals surface area contributed by atoms with Gasteiger partial charge in [0.2, 0.25) is 0 Å². The Morgan fingerprint density at radius 1 is 1.20 bits per heavy atom. The summed E-state index contributed by atoms with van der Waals surface area (Å²) in [6.45, 7) is 6.34. The molecule has 4 nitrogen and oxygen atoms in total. The van der Waals surface area contributed by atoms with Crippen LogP contribution in [0.2, 0.25) is 5.02 Å². The lowest BCUT2D eigenvalue weighted by atomic mass is 10.1. The number of aromatic nitrogens is 1. The first kappa shape index (κ1) is 18.2. The highest BCUT2D eigenvalue weighted by Gasteiger charge is 2.23. The van der Waals surface area contributed by atoms with Crippen LogP contribution in [0, 0.1) is 13.8 Å². The number of ether oxygens (including phenoxy) is 1. The molecule has 0 unspecified atom stereocenters. The quantitative estimate of drug-likeness (QED) is 0.755. The number of hydrogen-bond donors (Lipinski definition) is 0. The predicted molar refractivity (Wildman–Crippen MR) is 101 cm³/mol. The number of rotatable bonds is 5. The lowest BCUT2D eigenvalue weighted by molar-refractivity contribution is 0.0401. The number of ketones is 1. The standard InChI is InChI=1S/C20H25ClN2O2/c1-14-12-19(15(2)23(14)17-6-4-16(21)5-7-17)20(24)13-22-10-8-18(25-3)9-11-22/h4-7,12,18H,8-11,13H2,1-3H3. The van der Waals surface area contributed by atoms with Crippen LogP contribution in [0.4, 0.5) is 0 Å². The molecule has 0 N–H and O–H groups in total. The van der Waals surface area contributed by atoms with Crippen LogP contribution in [0.15, 0.2) is 30.3 Å². The molecule has 2 heterocycles. The summed E-state index contributed by atoms with van der Waals surface area (Å²) in [5.41, 5.74) is 3.87. The molecule has 0 aliphatic carbocycles. The second-order valence-electron chi connectivity index (χ2n) is 6.73. The molecule has 25 heavy (non-hydrogen) atoms. The van der Waals surface area contributed by atoms with Crippen LogP contribution in [0.5, 0.6) is 0 Å². The van der Waals surface area contributed by atoms with Gasteiger partial charge < -0.3 is 9.30 Å². The predicted octanol–water partition coefficient (Wildman–Crippen LogP) is 4.04. The van der Waals surface area contributed by atoms with E-state index in [1.165, 1.54) is 0 Å². The number of benzene rings is 1. The molecular formula is C20H25ClN2O2. The van der Waals surface area contributed by atoms with Gasteiger partial charge in [-0.3, -0.25) is 9.69 Å². The van der Waals surface area contributed by atoms with Crippen molar-refractivity contribution >= 4 is 17.4 Å². The summed E-state index contributed by atoms with van der Waals surface area (Å²) in [5, 5.41) is 0.710. The minimum atomic E-state index is 0.184. The van der Waals surface area contributed by atoms with Crippen molar-refractivity contribution in [3.63, 3.8) is 0 Å². The highest BCUT2D eigenvalue weighted by atomic mass is 35.5. The van der Waals surface area contributed by atoms with E-state index < -0.39 is 0 Å². The molecule has 3 rings (SSSR count). The molecular weight excluding hydrogens is 336 g/mol. The van der Waals surface area contributed by atoms with Crippen molar-refractivity contribution in [3.8, 4) is 5.69 Å². The SMILES string of the molecule is COC1CCN(CC(=O)c2cc(C)n(-c3ccc(Cl)cc3)c2C)CC1. The second kappa shape index (κ2) is 7.73. The molecule has 1 fully saturated rings. The Kier molecular flexibility index (Phi) is 5.62. The van der Waals surface area contributed by atoms with Crippen molar-refractivity contribution in [3.05, 3.63) is 52.3 Å². The lowest BCUT2D eigenvalue weighted by Crippen LogP contribution is -2.39. The van der Waals surface area contributed by atoms with Crippen LogP contribution < -0.4 is 0 Å². The normalized spacial score (nSPS) is 16.3. The van der Waals surface area contributed by atoms with Crippen LogP contribution in [0.3, 0.4) is 0 Å². The van der Waals surface area contributed by atoms with E-state index in [1.54, 1.807) is 7.11 Å².